The number of amides is 1. The van der Waals surface area contributed by atoms with Crippen LogP contribution in [0.1, 0.15) is 39.7 Å². The summed E-state index contributed by atoms with van der Waals surface area (Å²) in [5.41, 5.74) is 5.55. The van der Waals surface area contributed by atoms with Crippen molar-refractivity contribution in [3.05, 3.63) is 89.1 Å². The van der Waals surface area contributed by atoms with Crippen LogP contribution in [-0.2, 0) is 0 Å². The SMILES string of the molecule is Cc1cc(C)nc(-c2ccc(C(=O)N(C)CC[C@H](O)c3ccccc3)cc2)c1. The van der Waals surface area contributed by atoms with E-state index < -0.39 is 6.10 Å². The molecular formula is C24H26N2O2. The second-order valence-corrected chi connectivity index (χ2v) is 7.19. The van der Waals surface area contributed by atoms with E-state index in [1.54, 1.807) is 11.9 Å². The first-order chi connectivity index (χ1) is 13.4. The molecule has 3 aromatic rings. The zero-order valence-electron chi connectivity index (χ0n) is 16.6. The summed E-state index contributed by atoms with van der Waals surface area (Å²) >= 11 is 0. The second-order valence-electron chi connectivity index (χ2n) is 7.19. The molecule has 0 spiro atoms. The van der Waals surface area contributed by atoms with E-state index in [1.165, 1.54) is 5.56 Å². The van der Waals surface area contributed by atoms with Gasteiger partial charge in [-0.3, -0.25) is 9.78 Å². The third-order valence-corrected chi connectivity index (χ3v) is 4.79. The molecule has 0 bridgehead atoms. The van der Waals surface area contributed by atoms with Crippen molar-refractivity contribution in [2.24, 2.45) is 0 Å². The van der Waals surface area contributed by atoms with Crippen LogP contribution in [0.4, 0.5) is 0 Å². The number of aryl methyl sites for hydroxylation is 2. The van der Waals surface area contributed by atoms with Crippen LogP contribution in [0.3, 0.4) is 0 Å². The van der Waals surface area contributed by atoms with E-state index in [0.717, 1.165) is 22.5 Å². The molecule has 0 aliphatic carbocycles. The Morgan fingerprint density at radius 3 is 2.36 bits per heavy atom. The van der Waals surface area contributed by atoms with Gasteiger partial charge in [0.05, 0.1) is 11.8 Å². The molecule has 2 aromatic carbocycles. The molecule has 0 aliphatic rings. The van der Waals surface area contributed by atoms with E-state index in [-0.39, 0.29) is 5.91 Å². The molecule has 28 heavy (non-hydrogen) atoms. The van der Waals surface area contributed by atoms with E-state index >= 15 is 0 Å². The number of benzene rings is 2. The molecule has 0 unspecified atom stereocenters. The zero-order chi connectivity index (χ0) is 20.1. The fraction of sp³-hybridized carbons (Fsp3) is 0.250. The van der Waals surface area contributed by atoms with Gasteiger partial charge in [-0.2, -0.15) is 0 Å². The molecule has 1 heterocycles. The molecule has 0 saturated carbocycles. The van der Waals surface area contributed by atoms with Gasteiger partial charge in [-0.25, -0.2) is 0 Å². The van der Waals surface area contributed by atoms with Crippen molar-refractivity contribution in [2.75, 3.05) is 13.6 Å². The van der Waals surface area contributed by atoms with Crippen LogP contribution in [-0.4, -0.2) is 34.5 Å². The maximum atomic E-state index is 12.7. The largest absolute Gasteiger partial charge is 0.388 e. The molecule has 1 aromatic heterocycles. The van der Waals surface area contributed by atoms with Gasteiger partial charge in [-0.1, -0.05) is 42.5 Å². The van der Waals surface area contributed by atoms with Crippen molar-refractivity contribution >= 4 is 5.91 Å². The highest BCUT2D eigenvalue weighted by atomic mass is 16.3. The fourth-order valence-corrected chi connectivity index (χ4v) is 3.25. The van der Waals surface area contributed by atoms with E-state index in [2.05, 4.69) is 11.9 Å². The van der Waals surface area contributed by atoms with E-state index in [0.29, 0.717) is 18.5 Å². The second kappa shape index (κ2) is 8.81. The highest BCUT2D eigenvalue weighted by molar-refractivity contribution is 5.94. The average molecular weight is 374 g/mol. The number of aliphatic hydroxyl groups excluding tert-OH is 1. The van der Waals surface area contributed by atoms with Crippen molar-refractivity contribution in [3.63, 3.8) is 0 Å². The average Bonchev–Trinajstić information content (AvgIpc) is 2.71. The number of hydrogen-bond donors (Lipinski definition) is 1. The summed E-state index contributed by atoms with van der Waals surface area (Å²) in [5.74, 6) is -0.0554. The van der Waals surface area contributed by atoms with Crippen molar-refractivity contribution in [1.29, 1.82) is 0 Å². The zero-order valence-corrected chi connectivity index (χ0v) is 16.6. The molecule has 1 N–H and O–H groups in total. The predicted molar refractivity (Wildman–Crippen MR) is 112 cm³/mol. The standard InChI is InChI=1S/C24H26N2O2/c1-17-15-18(2)25-22(16-17)19-9-11-21(12-10-19)24(28)26(3)14-13-23(27)20-7-5-4-6-8-20/h4-12,15-16,23,27H,13-14H2,1-3H3/t23-/m0/s1. The van der Waals surface area contributed by atoms with Crippen molar-refractivity contribution in [1.82, 2.24) is 9.88 Å². The maximum Gasteiger partial charge on any atom is 0.253 e. The fourth-order valence-electron chi connectivity index (χ4n) is 3.25. The van der Waals surface area contributed by atoms with Gasteiger partial charge >= 0.3 is 0 Å². The lowest BCUT2D eigenvalue weighted by molar-refractivity contribution is 0.0761. The number of aliphatic hydroxyl groups is 1. The van der Waals surface area contributed by atoms with Crippen LogP contribution in [0.2, 0.25) is 0 Å². The Bertz CT molecular complexity index is 916. The van der Waals surface area contributed by atoms with Crippen LogP contribution in [0.5, 0.6) is 0 Å². The number of aromatic nitrogens is 1. The van der Waals surface area contributed by atoms with Crippen LogP contribution >= 0.6 is 0 Å². The Morgan fingerprint density at radius 2 is 1.71 bits per heavy atom. The summed E-state index contributed by atoms with van der Waals surface area (Å²) in [4.78, 5) is 18.9. The van der Waals surface area contributed by atoms with Gasteiger partial charge in [-0.15, -0.1) is 0 Å². The smallest absolute Gasteiger partial charge is 0.253 e. The monoisotopic (exact) mass is 374 g/mol. The van der Waals surface area contributed by atoms with Crippen molar-refractivity contribution in [2.45, 2.75) is 26.4 Å². The van der Waals surface area contributed by atoms with Gasteiger partial charge in [-0.05, 0) is 55.7 Å². The minimum absolute atomic E-state index is 0.0554. The number of carbonyl (C=O) groups excluding carboxylic acids is 1. The Morgan fingerprint density at radius 1 is 1.04 bits per heavy atom. The number of hydrogen-bond acceptors (Lipinski definition) is 3. The summed E-state index contributed by atoms with van der Waals surface area (Å²) in [5, 5.41) is 10.3. The molecule has 0 aliphatic heterocycles. The first-order valence-electron chi connectivity index (χ1n) is 9.48. The van der Waals surface area contributed by atoms with E-state index in [1.807, 2.05) is 73.7 Å². The minimum Gasteiger partial charge on any atom is -0.388 e. The van der Waals surface area contributed by atoms with Crippen molar-refractivity contribution in [3.8, 4) is 11.3 Å². The minimum atomic E-state index is -0.575. The Kier molecular flexibility index (Phi) is 6.22. The molecule has 144 valence electrons. The predicted octanol–water partition coefficient (Wildman–Crippen LogP) is 4.56. The maximum absolute atomic E-state index is 12.7. The highest BCUT2D eigenvalue weighted by Gasteiger charge is 2.14. The van der Waals surface area contributed by atoms with Crippen LogP contribution in [0, 0.1) is 13.8 Å². The molecular weight excluding hydrogens is 348 g/mol. The summed E-state index contributed by atoms with van der Waals surface area (Å²) in [7, 11) is 1.76. The molecule has 0 radical (unpaired) electrons. The lowest BCUT2D eigenvalue weighted by Gasteiger charge is -2.19. The third kappa shape index (κ3) is 4.84. The first-order valence-corrected chi connectivity index (χ1v) is 9.48. The Balaban J connectivity index is 1.63. The van der Waals surface area contributed by atoms with Crippen LogP contribution < -0.4 is 0 Å². The normalized spacial score (nSPS) is 11.9. The Labute approximate surface area is 166 Å². The summed E-state index contributed by atoms with van der Waals surface area (Å²) in [6, 6.07) is 21.1. The molecule has 3 rings (SSSR count). The van der Waals surface area contributed by atoms with Gasteiger partial charge in [0.25, 0.3) is 5.91 Å². The first kappa shape index (κ1) is 19.8. The van der Waals surface area contributed by atoms with E-state index in [4.69, 9.17) is 0 Å². The van der Waals surface area contributed by atoms with Crippen LogP contribution in [0.25, 0.3) is 11.3 Å². The summed E-state index contributed by atoms with van der Waals surface area (Å²) in [6.07, 6.45) is -0.0777. The Hall–Kier alpha value is -2.98. The molecule has 1 amide bonds. The molecule has 4 heteroatoms. The number of pyridine rings is 1. The van der Waals surface area contributed by atoms with Crippen molar-refractivity contribution < 1.29 is 9.90 Å². The number of nitrogens with zero attached hydrogens (tertiary/aromatic N) is 2. The number of rotatable bonds is 6. The van der Waals surface area contributed by atoms with Gasteiger partial charge in [0.2, 0.25) is 0 Å². The quantitative estimate of drug-likeness (QED) is 0.688. The molecule has 1 atom stereocenters. The summed E-state index contributed by atoms with van der Waals surface area (Å²) < 4.78 is 0. The topological polar surface area (TPSA) is 53.4 Å². The molecule has 0 saturated heterocycles. The van der Waals surface area contributed by atoms with Gasteiger partial charge in [0.1, 0.15) is 0 Å². The van der Waals surface area contributed by atoms with Crippen LogP contribution in [0.15, 0.2) is 66.7 Å². The molecule has 0 fully saturated rings. The summed E-state index contributed by atoms with van der Waals surface area (Å²) in [6.45, 7) is 4.51. The van der Waals surface area contributed by atoms with E-state index in [9.17, 15) is 9.90 Å². The third-order valence-electron chi connectivity index (χ3n) is 4.79. The van der Waals surface area contributed by atoms with Gasteiger partial charge in [0, 0.05) is 30.4 Å². The lowest BCUT2D eigenvalue weighted by Crippen LogP contribution is -2.28. The highest BCUT2D eigenvalue weighted by Crippen LogP contribution is 2.21. The lowest BCUT2D eigenvalue weighted by atomic mass is 10.0. The number of carbonyl (C=O) groups is 1. The van der Waals surface area contributed by atoms with Gasteiger partial charge in [0.15, 0.2) is 0 Å². The van der Waals surface area contributed by atoms with Gasteiger partial charge < -0.3 is 10.0 Å². The molecule has 4 nitrogen and oxygen atoms in total.